The quantitative estimate of drug-likeness (QED) is 0.855. The molecule has 1 saturated heterocycles. The van der Waals surface area contributed by atoms with Crippen molar-refractivity contribution in [3.05, 3.63) is 5.82 Å². The summed E-state index contributed by atoms with van der Waals surface area (Å²) >= 11 is 0. The maximum atomic E-state index is 4.26. The second-order valence-electron chi connectivity index (χ2n) is 6.11. The lowest BCUT2D eigenvalue weighted by Gasteiger charge is -2.27. The Morgan fingerprint density at radius 1 is 1.22 bits per heavy atom. The molecule has 2 atom stereocenters. The van der Waals surface area contributed by atoms with Crippen molar-refractivity contribution in [2.45, 2.75) is 58.0 Å². The summed E-state index contributed by atoms with van der Waals surface area (Å²) in [5.41, 5.74) is 0. The third-order valence-corrected chi connectivity index (χ3v) is 4.50. The van der Waals surface area contributed by atoms with E-state index in [9.17, 15) is 0 Å². The van der Waals surface area contributed by atoms with Crippen molar-refractivity contribution >= 4 is 0 Å². The lowest BCUT2D eigenvalue weighted by Crippen LogP contribution is -3.12. The molecule has 0 amide bonds. The predicted octanol–water partition coefficient (Wildman–Crippen LogP) is 0.603. The van der Waals surface area contributed by atoms with Gasteiger partial charge < -0.3 is 4.90 Å². The normalized spacial score (nSPS) is 29.8. The second kappa shape index (κ2) is 5.34. The number of hydrogen-bond acceptors (Lipinski definition) is 3. The minimum atomic E-state index is 0.566. The number of quaternary nitrogens is 1. The molecule has 5 nitrogen and oxygen atoms in total. The highest BCUT2D eigenvalue weighted by Gasteiger charge is 2.26. The van der Waals surface area contributed by atoms with Gasteiger partial charge in [-0.05, 0) is 36.1 Å². The number of nitrogens with one attached hydrogen (secondary N) is 1. The van der Waals surface area contributed by atoms with Gasteiger partial charge >= 0.3 is 0 Å². The number of rotatable bonds is 3. The van der Waals surface area contributed by atoms with Crippen LogP contribution in [0.3, 0.4) is 0 Å². The van der Waals surface area contributed by atoms with Crippen LogP contribution in [-0.2, 0) is 6.54 Å². The molecule has 1 saturated carbocycles. The highest BCUT2D eigenvalue weighted by molar-refractivity contribution is 4.84. The summed E-state index contributed by atoms with van der Waals surface area (Å²) in [6.45, 7) is 5.92. The first kappa shape index (κ1) is 12.1. The van der Waals surface area contributed by atoms with Gasteiger partial charge in [-0.3, -0.25) is 0 Å². The standard InChI is InChI=1S/C13H23N5/c1-11-5-4-8-17(9-11)10-13-14-15-16-18(13)12-6-2-3-7-12/h11-12H,2-10H2,1H3/p+1/t11-/m1/s1. The van der Waals surface area contributed by atoms with E-state index in [-0.39, 0.29) is 0 Å². The molecule has 18 heavy (non-hydrogen) atoms. The number of piperidine rings is 1. The summed E-state index contributed by atoms with van der Waals surface area (Å²) in [7, 11) is 0. The van der Waals surface area contributed by atoms with Crippen LogP contribution in [-0.4, -0.2) is 33.3 Å². The van der Waals surface area contributed by atoms with Crippen LogP contribution in [0.2, 0.25) is 0 Å². The molecule has 1 aromatic rings. The molecule has 5 heteroatoms. The number of likely N-dealkylation sites (tertiary alicyclic amines) is 1. The Balaban J connectivity index is 1.66. The molecule has 0 aromatic carbocycles. The Hall–Kier alpha value is -0.970. The van der Waals surface area contributed by atoms with Gasteiger partial charge in [-0.1, -0.05) is 19.8 Å². The lowest BCUT2D eigenvalue weighted by atomic mass is 10.0. The van der Waals surface area contributed by atoms with Gasteiger partial charge in [-0.15, -0.1) is 5.10 Å². The molecule has 2 heterocycles. The largest absolute Gasteiger partial charge is 0.328 e. The van der Waals surface area contributed by atoms with Crippen LogP contribution in [0.25, 0.3) is 0 Å². The average molecular weight is 250 g/mol. The highest BCUT2D eigenvalue weighted by Crippen LogP contribution is 2.28. The molecular formula is C13H24N5+. The number of aromatic nitrogens is 4. The predicted molar refractivity (Wildman–Crippen MR) is 68.1 cm³/mol. The zero-order valence-corrected chi connectivity index (χ0v) is 11.3. The maximum absolute atomic E-state index is 4.26. The minimum Gasteiger partial charge on any atom is -0.328 e. The Bertz CT molecular complexity index is 382. The summed E-state index contributed by atoms with van der Waals surface area (Å²) in [5, 5.41) is 12.4. The van der Waals surface area contributed by atoms with Gasteiger partial charge in [0.15, 0.2) is 0 Å². The van der Waals surface area contributed by atoms with Gasteiger partial charge in [-0.25, -0.2) is 4.68 Å². The molecule has 100 valence electrons. The van der Waals surface area contributed by atoms with Crippen molar-refractivity contribution in [3.63, 3.8) is 0 Å². The summed E-state index contributed by atoms with van der Waals surface area (Å²) in [6.07, 6.45) is 7.90. The molecule has 1 aromatic heterocycles. The first-order valence-corrected chi connectivity index (χ1v) is 7.43. The van der Waals surface area contributed by atoms with Crippen LogP contribution in [0.4, 0.5) is 0 Å². The van der Waals surface area contributed by atoms with E-state index in [1.807, 2.05) is 0 Å². The summed E-state index contributed by atoms with van der Waals surface area (Å²) < 4.78 is 2.11. The molecule has 1 unspecified atom stereocenters. The van der Waals surface area contributed by atoms with Crippen molar-refractivity contribution in [2.75, 3.05) is 13.1 Å². The summed E-state index contributed by atoms with van der Waals surface area (Å²) in [6, 6.07) is 0.566. The maximum Gasteiger partial charge on any atom is 0.206 e. The van der Waals surface area contributed by atoms with Crippen LogP contribution in [0.1, 0.15) is 57.3 Å². The number of hydrogen-bond donors (Lipinski definition) is 1. The molecule has 0 bridgehead atoms. The fraction of sp³-hybridized carbons (Fsp3) is 0.923. The Labute approximate surface area is 109 Å². The Morgan fingerprint density at radius 3 is 2.83 bits per heavy atom. The third kappa shape index (κ3) is 2.55. The molecule has 0 radical (unpaired) electrons. The molecule has 3 rings (SSSR count). The molecular weight excluding hydrogens is 226 g/mol. The van der Waals surface area contributed by atoms with E-state index >= 15 is 0 Å². The highest BCUT2D eigenvalue weighted by atomic mass is 15.6. The SMILES string of the molecule is C[C@@H]1CCC[NH+](Cc2nnnn2C2CCCC2)C1. The van der Waals surface area contributed by atoms with E-state index in [0.29, 0.717) is 6.04 Å². The van der Waals surface area contributed by atoms with Gasteiger partial charge in [-0.2, -0.15) is 0 Å². The summed E-state index contributed by atoms with van der Waals surface area (Å²) in [5.74, 6) is 1.95. The lowest BCUT2D eigenvalue weighted by molar-refractivity contribution is -0.922. The van der Waals surface area contributed by atoms with E-state index < -0.39 is 0 Å². The molecule has 2 fully saturated rings. The first-order chi connectivity index (χ1) is 8.83. The van der Waals surface area contributed by atoms with Crippen molar-refractivity contribution in [2.24, 2.45) is 5.92 Å². The van der Waals surface area contributed by atoms with Crippen LogP contribution in [0, 0.1) is 5.92 Å². The monoisotopic (exact) mass is 250 g/mol. The third-order valence-electron chi connectivity index (χ3n) is 4.50. The zero-order valence-electron chi connectivity index (χ0n) is 11.3. The summed E-state index contributed by atoms with van der Waals surface area (Å²) in [4.78, 5) is 1.66. The zero-order chi connectivity index (χ0) is 12.4. The van der Waals surface area contributed by atoms with Crippen molar-refractivity contribution in [3.8, 4) is 0 Å². The second-order valence-corrected chi connectivity index (χ2v) is 6.11. The van der Waals surface area contributed by atoms with Gasteiger partial charge in [0.25, 0.3) is 0 Å². The van der Waals surface area contributed by atoms with Crippen LogP contribution in [0.5, 0.6) is 0 Å². The first-order valence-electron chi connectivity index (χ1n) is 7.43. The fourth-order valence-electron chi connectivity index (χ4n) is 3.54. The Morgan fingerprint density at radius 2 is 2.06 bits per heavy atom. The molecule has 1 N–H and O–H groups in total. The van der Waals surface area contributed by atoms with Crippen molar-refractivity contribution in [1.82, 2.24) is 20.2 Å². The van der Waals surface area contributed by atoms with E-state index in [1.165, 1.54) is 51.6 Å². The molecule has 1 aliphatic carbocycles. The Kier molecular flexibility index (Phi) is 3.59. The van der Waals surface area contributed by atoms with Crippen LogP contribution in [0.15, 0.2) is 0 Å². The van der Waals surface area contributed by atoms with Gasteiger partial charge in [0.1, 0.15) is 6.54 Å². The van der Waals surface area contributed by atoms with Gasteiger partial charge in [0, 0.05) is 5.92 Å². The molecule has 0 spiro atoms. The van der Waals surface area contributed by atoms with Crippen LogP contribution >= 0.6 is 0 Å². The average Bonchev–Trinajstić information content (AvgIpc) is 2.98. The van der Waals surface area contributed by atoms with Gasteiger partial charge in [0.2, 0.25) is 5.82 Å². The van der Waals surface area contributed by atoms with E-state index in [1.54, 1.807) is 4.90 Å². The number of tetrazole rings is 1. The number of nitrogens with zero attached hydrogens (tertiary/aromatic N) is 4. The van der Waals surface area contributed by atoms with Crippen molar-refractivity contribution in [1.29, 1.82) is 0 Å². The van der Waals surface area contributed by atoms with Gasteiger partial charge in [0.05, 0.1) is 19.1 Å². The van der Waals surface area contributed by atoms with Crippen molar-refractivity contribution < 1.29 is 4.90 Å². The van der Waals surface area contributed by atoms with Crippen LogP contribution < -0.4 is 4.90 Å². The molecule has 1 aliphatic heterocycles. The fourth-order valence-corrected chi connectivity index (χ4v) is 3.54. The van der Waals surface area contributed by atoms with E-state index in [0.717, 1.165) is 18.3 Å². The smallest absolute Gasteiger partial charge is 0.206 e. The van der Waals surface area contributed by atoms with E-state index in [4.69, 9.17) is 0 Å². The molecule has 2 aliphatic rings. The minimum absolute atomic E-state index is 0.566. The topological polar surface area (TPSA) is 48.0 Å². The van der Waals surface area contributed by atoms with E-state index in [2.05, 4.69) is 27.1 Å².